The molecule has 4 heteroatoms. The van der Waals surface area contributed by atoms with E-state index in [1.165, 1.54) is 22.5 Å². The Morgan fingerprint density at radius 1 is 0.769 bits per heavy atom. The molecule has 4 aromatic rings. The van der Waals surface area contributed by atoms with Gasteiger partial charge in [0.1, 0.15) is 5.03 Å². The first-order valence-electron chi connectivity index (χ1n) is 8.33. The second-order valence-electron chi connectivity index (χ2n) is 5.90. The number of rotatable bonds is 5. The molecule has 1 aromatic heterocycles. The summed E-state index contributed by atoms with van der Waals surface area (Å²) in [6.07, 6.45) is 0. The molecule has 3 nitrogen and oxygen atoms in total. The molecule has 0 unspecified atom stereocenters. The van der Waals surface area contributed by atoms with Crippen LogP contribution in [0.1, 0.15) is 10.4 Å². The van der Waals surface area contributed by atoms with Crippen molar-refractivity contribution < 1.29 is 4.79 Å². The molecule has 26 heavy (non-hydrogen) atoms. The molecule has 1 heterocycles. The number of Topliss-reactive ketones (excluding diaryl/α,β-unsaturated/α-hetero) is 1. The van der Waals surface area contributed by atoms with Crippen LogP contribution >= 0.6 is 11.8 Å². The van der Waals surface area contributed by atoms with Gasteiger partial charge >= 0.3 is 0 Å². The van der Waals surface area contributed by atoms with Gasteiger partial charge in [0, 0.05) is 11.1 Å². The molecule has 0 saturated carbocycles. The van der Waals surface area contributed by atoms with Gasteiger partial charge in [-0.2, -0.15) is 0 Å². The SMILES string of the molecule is O=C(CSc1ccc(-c2ccc3ccccc3c2)nn1)c1ccccc1. The Morgan fingerprint density at radius 2 is 1.54 bits per heavy atom. The smallest absolute Gasteiger partial charge is 0.173 e. The molecule has 4 rings (SSSR count). The minimum Gasteiger partial charge on any atom is -0.293 e. The maximum atomic E-state index is 12.2. The zero-order valence-electron chi connectivity index (χ0n) is 14.0. The molecule has 3 aromatic carbocycles. The Morgan fingerprint density at radius 3 is 2.31 bits per heavy atom. The predicted octanol–water partition coefficient (Wildman–Crippen LogP) is 5.27. The summed E-state index contributed by atoms with van der Waals surface area (Å²) >= 11 is 1.41. The van der Waals surface area contributed by atoms with Crippen LogP contribution < -0.4 is 0 Å². The highest BCUT2D eigenvalue weighted by molar-refractivity contribution is 7.99. The molecule has 0 amide bonds. The molecule has 0 radical (unpaired) electrons. The largest absolute Gasteiger partial charge is 0.293 e. The molecule has 0 aliphatic rings. The van der Waals surface area contributed by atoms with E-state index in [1.807, 2.05) is 54.6 Å². The minimum absolute atomic E-state index is 0.0935. The monoisotopic (exact) mass is 356 g/mol. The van der Waals surface area contributed by atoms with Crippen molar-refractivity contribution in [3.63, 3.8) is 0 Å². The average Bonchev–Trinajstić information content (AvgIpc) is 2.72. The molecule has 0 atom stereocenters. The zero-order valence-corrected chi connectivity index (χ0v) is 14.8. The predicted molar refractivity (Wildman–Crippen MR) is 106 cm³/mol. The van der Waals surface area contributed by atoms with Gasteiger partial charge in [0.05, 0.1) is 11.4 Å². The first kappa shape index (κ1) is 16.5. The fourth-order valence-electron chi connectivity index (χ4n) is 2.75. The summed E-state index contributed by atoms with van der Waals surface area (Å²) in [5.74, 6) is 0.449. The van der Waals surface area contributed by atoms with E-state index in [0.29, 0.717) is 5.75 Å². The molecule has 0 bridgehead atoms. The zero-order chi connectivity index (χ0) is 17.8. The van der Waals surface area contributed by atoms with Gasteiger partial charge < -0.3 is 0 Å². The summed E-state index contributed by atoms with van der Waals surface area (Å²) in [5, 5.41) is 11.7. The highest BCUT2D eigenvalue weighted by Crippen LogP contribution is 2.24. The van der Waals surface area contributed by atoms with Gasteiger partial charge in [0.2, 0.25) is 0 Å². The highest BCUT2D eigenvalue weighted by atomic mass is 32.2. The van der Waals surface area contributed by atoms with Crippen LogP contribution in [0.15, 0.2) is 90.0 Å². The summed E-state index contributed by atoms with van der Waals surface area (Å²) < 4.78 is 0. The standard InChI is InChI=1S/C22H16N2OS/c25-21(17-7-2-1-3-8-17)15-26-22-13-12-20(23-24-22)19-11-10-16-6-4-5-9-18(16)14-19/h1-14H,15H2. The van der Waals surface area contributed by atoms with E-state index < -0.39 is 0 Å². The molecule has 0 aliphatic carbocycles. The lowest BCUT2D eigenvalue weighted by Crippen LogP contribution is -2.02. The second-order valence-corrected chi connectivity index (χ2v) is 6.89. The summed E-state index contributed by atoms with van der Waals surface area (Å²) in [7, 11) is 0. The van der Waals surface area contributed by atoms with Gasteiger partial charge in [-0.05, 0) is 29.0 Å². The number of carbonyl (C=O) groups excluding carboxylic acids is 1. The third-order valence-electron chi connectivity index (χ3n) is 4.13. The minimum atomic E-state index is 0.0935. The van der Waals surface area contributed by atoms with Gasteiger partial charge in [-0.3, -0.25) is 4.79 Å². The molecular weight excluding hydrogens is 340 g/mol. The quantitative estimate of drug-likeness (QED) is 0.361. The number of thioether (sulfide) groups is 1. The van der Waals surface area contributed by atoms with E-state index in [9.17, 15) is 4.79 Å². The molecule has 0 aliphatic heterocycles. The van der Waals surface area contributed by atoms with Crippen molar-refractivity contribution in [1.29, 1.82) is 0 Å². The van der Waals surface area contributed by atoms with Crippen molar-refractivity contribution >= 4 is 28.3 Å². The van der Waals surface area contributed by atoms with E-state index in [0.717, 1.165) is 21.8 Å². The molecular formula is C22H16N2OS. The Labute approximate surface area is 156 Å². The number of nitrogens with zero attached hydrogens (tertiary/aromatic N) is 2. The lowest BCUT2D eigenvalue weighted by molar-refractivity contribution is 0.102. The number of hydrogen-bond donors (Lipinski definition) is 0. The van der Waals surface area contributed by atoms with Gasteiger partial charge in [0.25, 0.3) is 0 Å². The van der Waals surface area contributed by atoms with E-state index >= 15 is 0 Å². The van der Waals surface area contributed by atoms with Crippen LogP contribution in [0.4, 0.5) is 0 Å². The summed E-state index contributed by atoms with van der Waals surface area (Å²) in [4.78, 5) is 12.2. The number of fused-ring (bicyclic) bond motifs is 1. The van der Waals surface area contributed by atoms with E-state index in [4.69, 9.17) is 0 Å². The van der Waals surface area contributed by atoms with Gasteiger partial charge in [-0.15, -0.1) is 10.2 Å². The van der Waals surface area contributed by atoms with E-state index in [2.05, 4.69) is 40.5 Å². The summed E-state index contributed by atoms with van der Waals surface area (Å²) in [5.41, 5.74) is 2.59. The summed E-state index contributed by atoms with van der Waals surface area (Å²) in [6.45, 7) is 0. The number of carbonyl (C=O) groups is 1. The highest BCUT2D eigenvalue weighted by Gasteiger charge is 2.08. The average molecular weight is 356 g/mol. The normalized spacial score (nSPS) is 10.8. The fraction of sp³-hybridized carbons (Fsp3) is 0.0455. The molecule has 0 N–H and O–H groups in total. The van der Waals surface area contributed by atoms with Crippen molar-refractivity contribution in [1.82, 2.24) is 10.2 Å². The van der Waals surface area contributed by atoms with Crippen LogP contribution in [0.5, 0.6) is 0 Å². The Hall–Kier alpha value is -2.98. The number of benzene rings is 3. The number of aromatic nitrogens is 2. The maximum Gasteiger partial charge on any atom is 0.173 e. The first-order valence-corrected chi connectivity index (χ1v) is 9.32. The van der Waals surface area contributed by atoms with Crippen LogP contribution in [0, 0.1) is 0 Å². The molecule has 0 saturated heterocycles. The lowest BCUT2D eigenvalue weighted by atomic mass is 10.1. The second kappa shape index (κ2) is 7.50. The van der Waals surface area contributed by atoms with Crippen LogP contribution in [-0.4, -0.2) is 21.7 Å². The van der Waals surface area contributed by atoms with Crippen LogP contribution in [-0.2, 0) is 0 Å². The van der Waals surface area contributed by atoms with E-state index in [-0.39, 0.29) is 5.78 Å². The number of hydrogen-bond acceptors (Lipinski definition) is 4. The Balaban J connectivity index is 1.47. The van der Waals surface area contributed by atoms with Crippen LogP contribution in [0.3, 0.4) is 0 Å². The van der Waals surface area contributed by atoms with Crippen molar-refractivity contribution in [2.24, 2.45) is 0 Å². The topological polar surface area (TPSA) is 42.9 Å². The summed E-state index contributed by atoms with van der Waals surface area (Å²) in [6, 6.07) is 27.7. The third-order valence-corrected chi connectivity index (χ3v) is 5.05. The van der Waals surface area contributed by atoms with E-state index in [1.54, 1.807) is 0 Å². The van der Waals surface area contributed by atoms with Crippen molar-refractivity contribution in [3.05, 3.63) is 90.5 Å². The lowest BCUT2D eigenvalue weighted by Gasteiger charge is -2.04. The third kappa shape index (κ3) is 3.65. The Kier molecular flexibility index (Phi) is 4.75. The van der Waals surface area contributed by atoms with Gasteiger partial charge in [-0.25, -0.2) is 0 Å². The van der Waals surface area contributed by atoms with Crippen molar-refractivity contribution in [2.45, 2.75) is 5.03 Å². The molecule has 126 valence electrons. The first-order chi connectivity index (χ1) is 12.8. The van der Waals surface area contributed by atoms with Gasteiger partial charge in [0.15, 0.2) is 5.78 Å². The maximum absolute atomic E-state index is 12.2. The number of ketones is 1. The molecule has 0 spiro atoms. The molecule has 0 fully saturated rings. The van der Waals surface area contributed by atoms with Crippen molar-refractivity contribution in [3.8, 4) is 11.3 Å². The fourth-order valence-corrected chi connectivity index (χ4v) is 3.45. The van der Waals surface area contributed by atoms with Gasteiger partial charge in [-0.1, -0.05) is 78.5 Å². The Bertz CT molecular complexity index is 1050. The van der Waals surface area contributed by atoms with Crippen molar-refractivity contribution in [2.75, 3.05) is 5.75 Å². The van der Waals surface area contributed by atoms with Crippen LogP contribution in [0.2, 0.25) is 0 Å². The van der Waals surface area contributed by atoms with Crippen LogP contribution in [0.25, 0.3) is 22.0 Å².